The van der Waals surface area contributed by atoms with E-state index >= 15 is 0 Å². The second-order valence-corrected chi connectivity index (χ2v) is 8.38. The molecule has 2 aliphatic heterocycles. The molecule has 2 fully saturated rings. The van der Waals surface area contributed by atoms with Gasteiger partial charge in [0.2, 0.25) is 0 Å². The van der Waals surface area contributed by atoms with E-state index in [1.807, 2.05) is 0 Å². The second kappa shape index (κ2) is 7.17. The van der Waals surface area contributed by atoms with Gasteiger partial charge in [-0.25, -0.2) is 18.0 Å². The SMILES string of the molecule is CC(C)(C)OC(=O)N1C2CCCC1CC(C(=O)c1ccc(F)c(F)c1F)C2. The van der Waals surface area contributed by atoms with Crippen molar-refractivity contribution >= 4 is 11.9 Å². The summed E-state index contributed by atoms with van der Waals surface area (Å²) in [5.41, 5.74) is -1.05. The largest absolute Gasteiger partial charge is 0.444 e. The summed E-state index contributed by atoms with van der Waals surface area (Å²) in [5.74, 6) is -5.46. The Bertz CT molecular complexity index is 746. The smallest absolute Gasteiger partial charge is 0.410 e. The van der Waals surface area contributed by atoms with Crippen molar-refractivity contribution < 1.29 is 27.5 Å². The maximum atomic E-state index is 14.0. The lowest BCUT2D eigenvalue weighted by atomic mass is 9.75. The van der Waals surface area contributed by atoms with Crippen LogP contribution >= 0.6 is 0 Å². The van der Waals surface area contributed by atoms with Crippen molar-refractivity contribution in [3.8, 4) is 0 Å². The van der Waals surface area contributed by atoms with Gasteiger partial charge in [-0.1, -0.05) is 0 Å². The first-order valence-corrected chi connectivity index (χ1v) is 9.27. The van der Waals surface area contributed by atoms with Crippen molar-refractivity contribution in [2.24, 2.45) is 5.92 Å². The summed E-state index contributed by atoms with van der Waals surface area (Å²) in [6.07, 6.45) is 2.75. The number of amides is 1. The van der Waals surface area contributed by atoms with Crippen LogP contribution in [0.4, 0.5) is 18.0 Å². The highest BCUT2D eigenvalue weighted by Gasteiger charge is 2.44. The standard InChI is InChI=1S/C20H24F3NO3/c1-20(2,3)27-19(26)24-12-5-4-6-13(24)10-11(9-12)18(25)14-7-8-15(21)17(23)16(14)22/h7-8,11-13H,4-6,9-10H2,1-3H3. The number of nitrogens with zero attached hydrogens (tertiary/aromatic N) is 1. The molecule has 0 aliphatic carbocycles. The molecule has 1 amide bonds. The number of Topliss-reactive ketones (excluding diaryl/α,β-unsaturated/α-hetero) is 1. The predicted octanol–water partition coefficient (Wildman–Crippen LogP) is 4.85. The molecule has 1 aromatic carbocycles. The minimum absolute atomic E-state index is 0.172. The molecule has 0 radical (unpaired) electrons. The number of hydrogen-bond donors (Lipinski definition) is 0. The third-order valence-electron chi connectivity index (χ3n) is 5.25. The van der Waals surface area contributed by atoms with Crippen LogP contribution in [0.1, 0.15) is 63.2 Å². The fourth-order valence-electron chi connectivity index (χ4n) is 4.14. The minimum atomic E-state index is -1.63. The summed E-state index contributed by atoms with van der Waals surface area (Å²) >= 11 is 0. The van der Waals surface area contributed by atoms with Gasteiger partial charge in [0.25, 0.3) is 0 Å². The Morgan fingerprint density at radius 2 is 1.63 bits per heavy atom. The number of ether oxygens (including phenoxy) is 1. The molecule has 27 heavy (non-hydrogen) atoms. The molecule has 148 valence electrons. The number of rotatable bonds is 2. The third-order valence-corrected chi connectivity index (χ3v) is 5.25. The summed E-state index contributed by atoms with van der Waals surface area (Å²) in [4.78, 5) is 27.0. The number of hydrogen-bond acceptors (Lipinski definition) is 3. The van der Waals surface area contributed by atoms with Crippen molar-refractivity contribution in [2.45, 2.75) is 70.6 Å². The lowest BCUT2D eigenvalue weighted by Gasteiger charge is -2.48. The number of halogens is 3. The zero-order valence-electron chi connectivity index (χ0n) is 15.7. The van der Waals surface area contributed by atoms with Crippen molar-refractivity contribution in [2.75, 3.05) is 0 Å². The summed E-state index contributed by atoms with van der Waals surface area (Å²) in [7, 11) is 0. The lowest BCUT2D eigenvalue weighted by molar-refractivity contribution is -0.0261. The summed E-state index contributed by atoms with van der Waals surface area (Å²) in [6, 6.07) is 1.42. The maximum absolute atomic E-state index is 14.0. The molecule has 7 heteroatoms. The number of piperidine rings is 2. The molecule has 2 atom stereocenters. The van der Waals surface area contributed by atoms with E-state index in [1.165, 1.54) is 0 Å². The molecule has 2 heterocycles. The van der Waals surface area contributed by atoms with E-state index in [1.54, 1.807) is 25.7 Å². The molecular weight excluding hydrogens is 359 g/mol. The van der Waals surface area contributed by atoms with Gasteiger partial charge in [-0.15, -0.1) is 0 Å². The van der Waals surface area contributed by atoms with Gasteiger partial charge in [-0.05, 0) is 65.0 Å². The molecule has 0 spiro atoms. The molecule has 2 aliphatic rings. The summed E-state index contributed by atoms with van der Waals surface area (Å²) in [6.45, 7) is 5.38. The number of fused-ring (bicyclic) bond motifs is 2. The van der Waals surface area contributed by atoms with Crippen LogP contribution in [0.25, 0.3) is 0 Å². The Morgan fingerprint density at radius 1 is 1.04 bits per heavy atom. The van der Waals surface area contributed by atoms with Gasteiger partial charge in [-0.2, -0.15) is 0 Å². The quantitative estimate of drug-likeness (QED) is 0.542. The van der Waals surface area contributed by atoms with Crippen molar-refractivity contribution in [1.82, 2.24) is 4.90 Å². The van der Waals surface area contributed by atoms with E-state index in [2.05, 4.69) is 0 Å². The first-order valence-electron chi connectivity index (χ1n) is 9.27. The number of ketones is 1. The van der Waals surface area contributed by atoms with E-state index in [-0.39, 0.29) is 12.1 Å². The third kappa shape index (κ3) is 3.96. The first-order chi connectivity index (χ1) is 12.6. The number of benzene rings is 1. The van der Waals surface area contributed by atoms with Gasteiger partial charge in [0.1, 0.15) is 5.60 Å². The van der Waals surface area contributed by atoms with Crippen LogP contribution < -0.4 is 0 Å². The van der Waals surface area contributed by atoms with Gasteiger partial charge in [0.15, 0.2) is 23.2 Å². The van der Waals surface area contributed by atoms with Gasteiger partial charge in [0.05, 0.1) is 5.56 Å². The summed E-state index contributed by atoms with van der Waals surface area (Å²) < 4.78 is 46.2. The van der Waals surface area contributed by atoms with Crippen LogP contribution in [0.2, 0.25) is 0 Å². The molecule has 2 unspecified atom stereocenters. The highest BCUT2D eigenvalue weighted by Crippen LogP contribution is 2.39. The van der Waals surface area contributed by atoms with Gasteiger partial charge in [-0.3, -0.25) is 4.79 Å². The Morgan fingerprint density at radius 3 is 2.19 bits per heavy atom. The molecule has 0 aromatic heterocycles. The van der Waals surface area contributed by atoms with Crippen LogP contribution in [0, 0.1) is 23.4 Å². The Kier molecular flexibility index (Phi) is 5.23. The van der Waals surface area contributed by atoms with Crippen LogP contribution in [-0.4, -0.2) is 34.5 Å². The van der Waals surface area contributed by atoms with E-state index < -0.39 is 46.4 Å². The predicted molar refractivity (Wildman–Crippen MR) is 92.9 cm³/mol. The van der Waals surface area contributed by atoms with Gasteiger partial charge in [0, 0.05) is 18.0 Å². The molecular formula is C20H24F3NO3. The molecule has 0 saturated carbocycles. The normalized spacial score (nSPS) is 25.3. The van der Waals surface area contributed by atoms with E-state index in [4.69, 9.17) is 4.74 Å². The number of carbonyl (C=O) groups is 2. The topological polar surface area (TPSA) is 46.6 Å². The van der Waals surface area contributed by atoms with Crippen LogP contribution in [-0.2, 0) is 4.74 Å². The van der Waals surface area contributed by atoms with Crippen molar-refractivity contribution in [3.63, 3.8) is 0 Å². The highest BCUT2D eigenvalue weighted by molar-refractivity contribution is 5.98. The fourth-order valence-corrected chi connectivity index (χ4v) is 4.14. The fraction of sp³-hybridized carbons (Fsp3) is 0.600. The zero-order chi connectivity index (χ0) is 19.9. The van der Waals surface area contributed by atoms with Gasteiger partial charge >= 0.3 is 6.09 Å². The summed E-state index contributed by atoms with van der Waals surface area (Å²) in [5, 5.41) is 0. The van der Waals surface area contributed by atoms with E-state index in [0.717, 1.165) is 31.4 Å². The molecule has 1 aromatic rings. The average Bonchev–Trinajstić information content (AvgIpc) is 2.56. The highest BCUT2D eigenvalue weighted by atomic mass is 19.2. The van der Waals surface area contributed by atoms with E-state index in [0.29, 0.717) is 12.8 Å². The van der Waals surface area contributed by atoms with Crippen molar-refractivity contribution in [3.05, 3.63) is 35.1 Å². The number of carbonyl (C=O) groups excluding carboxylic acids is 2. The van der Waals surface area contributed by atoms with Crippen LogP contribution in [0.3, 0.4) is 0 Å². The van der Waals surface area contributed by atoms with Crippen LogP contribution in [0.5, 0.6) is 0 Å². The Labute approximate surface area is 156 Å². The second-order valence-electron chi connectivity index (χ2n) is 8.38. The zero-order valence-corrected chi connectivity index (χ0v) is 15.7. The maximum Gasteiger partial charge on any atom is 0.410 e. The Hall–Kier alpha value is -2.05. The van der Waals surface area contributed by atoms with Gasteiger partial charge < -0.3 is 9.64 Å². The van der Waals surface area contributed by atoms with Crippen molar-refractivity contribution in [1.29, 1.82) is 0 Å². The molecule has 4 nitrogen and oxygen atoms in total. The molecule has 2 bridgehead atoms. The molecule has 2 saturated heterocycles. The van der Waals surface area contributed by atoms with E-state index in [9.17, 15) is 22.8 Å². The minimum Gasteiger partial charge on any atom is -0.444 e. The Balaban J connectivity index is 1.79. The monoisotopic (exact) mass is 383 g/mol. The average molecular weight is 383 g/mol. The molecule has 3 rings (SSSR count). The van der Waals surface area contributed by atoms with Crippen LogP contribution in [0.15, 0.2) is 12.1 Å². The molecule has 0 N–H and O–H groups in total. The first kappa shape index (κ1) is 19.7. The lowest BCUT2D eigenvalue weighted by Crippen LogP contribution is -2.56.